The van der Waals surface area contributed by atoms with Crippen LogP contribution in [0.1, 0.15) is 48.4 Å². The molecule has 0 N–H and O–H groups in total. The summed E-state index contributed by atoms with van der Waals surface area (Å²) in [6, 6.07) is 22.2. The van der Waals surface area contributed by atoms with Crippen LogP contribution in [0.3, 0.4) is 0 Å². The van der Waals surface area contributed by atoms with Crippen molar-refractivity contribution in [1.82, 2.24) is 10.2 Å². The van der Waals surface area contributed by atoms with Crippen molar-refractivity contribution in [3.8, 4) is 11.6 Å². The zero-order valence-corrected chi connectivity index (χ0v) is 15.4. The van der Waals surface area contributed by atoms with Crippen molar-refractivity contribution in [1.29, 1.82) is 0 Å². The SMILES string of the molecule is c1ccc(COc2cc(C3CCCC3)nnc2OCc2ccccc2)cc1. The molecule has 0 bridgehead atoms. The maximum absolute atomic E-state index is 6.08. The highest BCUT2D eigenvalue weighted by Crippen LogP contribution is 2.36. The zero-order valence-electron chi connectivity index (χ0n) is 15.4. The Labute approximate surface area is 160 Å². The van der Waals surface area contributed by atoms with E-state index in [1.165, 1.54) is 25.7 Å². The molecule has 1 aliphatic carbocycles. The molecule has 138 valence electrons. The van der Waals surface area contributed by atoms with Crippen LogP contribution >= 0.6 is 0 Å². The third kappa shape index (κ3) is 4.64. The lowest BCUT2D eigenvalue weighted by molar-refractivity contribution is 0.243. The Balaban J connectivity index is 1.52. The highest BCUT2D eigenvalue weighted by Gasteiger charge is 2.21. The number of aromatic nitrogens is 2. The molecule has 4 nitrogen and oxygen atoms in total. The van der Waals surface area contributed by atoms with Gasteiger partial charge in [0.05, 0.1) is 5.69 Å². The molecule has 0 radical (unpaired) electrons. The molecule has 1 aliphatic rings. The molecule has 2 aromatic carbocycles. The highest BCUT2D eigenvalue weighted by atomic mass is 16.5. The molecule has 0 aliphatic heterocycles. The van der Waals surface area contributed by atoms with Crippen molar-refractivity contribution in [3.63, 3.8) is 0 Å². The Morgan fingerprint density at radius 1 is 0.741 bits per heavy atom. The summed E-state index contributed by atoms with van der Waals surface area (Å²) in [7, 11) is 0. The van der Waals surface area contributed by atoms with Gasteiger partial charge >= 0.3 is 0 Å². The summed E-state index contributed by atoms with van der Waals surface area (Å²) < 4.78 is 12.0. The molecule has 0 saturated heterocycles. The maximum Gasteiger partial charge on any atom is 0.276 e. The van der Waals surface area contributed by atoms with E-state index in [-0.39, 0.29) is 0 Å². The van der Waals surface area contributed by atoms with E-state index in [4.69, 9.17) is 9.47 Å². The van der Waals surface area contributed by atoms with Crippen LogP contribution in [0.4, 0.5) is 0 Å². The molecular formula is C23H24N2O2. The standard InChI is InChI=1S/C23H24N2O2/c1-3-9-18(10-4-1)16-26-22-15-21(20-13-7-8-14-20)24-25-23(22)27-17-19-11-5-2-6-12-19/h1-6,9-12,15,20H,7-8,13-14,16-17H2. The van der Waals surface area contributed by atoms with Crippen molar-refractivity contribution in [2.24, 2.45) is 0 Å². The lowest BCUT2D eigenvalue weighted by Gasteiger charge is -2.14. The summed E-state index contributed by atoms with van der Waals surface area (Å²) in [4.78, 5) is 0. The second-order valence-corrected chi connectivity index (χ2v) is 6.97. The monoisotopic (exact) mass is 360 g/mol. The molecule has 1 saturated carbocycles. The average molecular weight is 360 g/mol. The normalized spacial score (nSPS) is 14.2. The number of hydrogen-bond acceptors (Lipinski definition) is 4. The van der Waals surface area contributed by atoms with Gasteiger partial charge in [0.2, 0.25) is 0 Å². The van der Waals surface area contributed by atoms with Gasteiger partial charge in [-0.2, -0.15) is 5.10 Å². The minimum Gasteiger partial charge on any atom is -0.483 e. The Morgan fingerprint density at radius 3 is 1.96 bits per heavy atom. The number of ether oxygens (including phenoxy) is 2. The second-order valence-electron chi connectivity index (χ2n) is 6.97. The fraction of sp³-hybridized carbons (Fsp3) is 0.304. The fourth-order valence-electron chi connectivity index (χ4n) is 3.46. The Bertz CT molecular complexity index is 847. The molecule has 4 heteroatoms. The van der Waals surface area contributed by atoms with Crippen molar-refractivity contribution in [3.05, 3.63) is 83.6 Å². The van der Waals surface area contributed by atoms with Gasteiger partial charge in [-0.05, 0) is 24.0 Å². The van der Waals surface area contributed by atoms with E-state index in [1.807, 2.05) is 54.6 Å². The van der Waals surface area contributed by atoms with Gasteiger partial charge in [-0.25, -0.2) is 0 Å². The molecule has 1 aromatic heterocycles. The van der Waals surface area contributed by atoms with E-state index in [2.05, 4.69) is 22.3 Å². The summed E-state index contributed by atoms with van der Waals surface area (Å²) in [5.74, 6) is 1.61. The van der Waals surface area contributed by atoms with E-state index < -0.39 is 0 Å². The summed E-state index contributed by atoms with van der Waals surface area (Å²) in [6.45, 7) is 0.929. The topological polar surface area (TPSA) is 44.2 Å². The summed E-state index contributed by atoms with van der Waals surface area (Å²) in [5.41, 5.74) is 3.22. The van der Waals surface area contributed by atoms with Gasteiger partial charge in [-0.15, -0.1) is 5.10 Å². The second kappa shape index (κ2) is 8.67. The molecule has 0 atom stereocenters. The van der Waals surface area contributed by atoms with Gasteiger partial charge < -0.3 is 9.47 Å². The molecule has 0 unspecified atom stereocenters. The highest BCUT2D eigenvalue weighted by molar-refractivity contribution is 5.35. The van der Waals surface area contributed by atoms with Crippen LogP contribution in [-0.4, -0.2) is 10.2 Å². The number of nitrogens with zero attached hydrogens (tertiary/aromatic N) is 2. The Kier molecular flexibility index (Phi) is 5.63. The third-order valence-corrected chi connectivity index (χ3v) is 4.98. The molecule has 0 amide bonds. The van der Waals surface area contributed by atoms with Crippen LogP contribution < -0.4 is 9.47 Å². The predicted molar refractivity (Wildman–Crippen MR) is 105 cm³/mol. The van der Waals surface area contributed by atoms with E-state index in [0.29, 0.717) is 30.8 Å². The Hall–Kier alpha value is -2.88. The van der Waals surface area contributed by atoms with Crippen LogP contribution in [0.2, 0.25) is 0 Å². The minimum absolute atomic E-state index is 0.444. The van der Waals surface area contributed by atoms with Crippen molar-refractivity contribution in [2.45, 2.75) is 44.8 Å². The summed E-state index contributed by atoms with van der Waals surface area (Å²) >= 11 is 0. The quantitative estimate of drug-likeness (QED) is 0.574. The minimum atomic E-state index is 0.444. The number of rotatable bonds is 7. The third-order valence-electron chi connectivity index (χ3n) is 4.98. The number of benzene rings is 2. The van der Waals surface area contributed by atoms with Gasteiger partial charge in [0, 0.05) is 12.0 Å². The average Bonchev–Trinajstić information content (AvgIpc) is 3.27. The van der Waals surface area contributed by atoms with Crippen LogP contribution in [-0.2, 0) is 13.2 Å². The van der Waals surface area contributed by atoms with Gasteiger partial charge in [-0.3, -0.25) is 0 Å². The van der Waals surface area contributed by atoms with Gasteiger partial charge in [0.1, 0.15) is 13.2 Å². The van der Waals surface area contributed by atoms with Crippen molar-refractivity contribution < 1.29 is 9.47 Å². The Morgan fingerprint density at radius 2 is 1.33 bits per heavy atom. The first-order valence-electron chi connectivity index (χ1n) is 9.59. The molecule has 1 heterocycles. The predicted octanol–water partition coefficient (Wildman–Crippen LogP) is 5.29. The van der Waals surface area contributed by atoms with Gasteiger partial charge in [0.25, 0.3) is 5.88 Å². The van der Waals surface area contributed by atoms with Crippen LogP contribution in [0, 0.1) is 0 Å². The molecule has 27 heavy (non-hydrogen) atoms. The van der Waals surface area contributed by atoms with Crippen molar-refractivity contribution in [2.75, 3.05) is 0 Å². The summed E-state index contributed by atoms with van der Waals surface area (Å²) in [6.07, 6.45) is 4.88. The van der Waals surface area contributed by atoms with Gasteiger partial charge in [-0.1, -0.05) is 73.5 Å². The molecule has 0 spiro atoms. The molecular weight excluding hydrogens is 336 g/mol. The maximum atomic E-state index is 6.08. The van der Waals surface area contributed by atoms with E-state index >= 15 is 0 Å². The zero-order chi connectivity index (χ0) is 18.3. The van der Waals surface area contributed by atoms with E-state index in [1.54, 1.807) is 0 Å². The first-order valence-corrected chi connectivity index (χ1v) is 9.59. The lowest BCUT2D eigenvalue weighted by atomic mass is 10.0. The molecule has 3 aromatic rings. The van der Waals surface area contributed by atoms with Crippen molar-refractivity contribution >= 4 is 0 Å². The van der Waals surface area contributed by atoms with E-state index in [0.717, 1.165) is 16.8 Å². The van der Waals surface area contributed by atoms with E-state index in [9.17, 15) is 0 Å². The number of hydrogen-bond donors (Lipinski definition) is 0. The van der Waals surface area contributed by atoms with Gasteiger partial charge in [0.15, 0.2) is 5.75 Å². The smallest absolute Gasteiger partial charge is 0.276 e. The first kappa shape index (κ1) is 17.5. The first-order chi connectivity index (χ1) is 13.4. The largest absolute Gasteiger partial charge is 0.483 e. The summed E-state index contributed by atoms with van der Waals surface area (Å²) in [5, 5.41) is 8.79. The lowest BCUT2D eigenvalue weighted by Crippen LogP contribution is -2.06. The van der Waals surface area contributed by atoms with Crippen LogP contribution in [0.15, 0.2) is 66.7 Å². The fourth-order valence-corrected chi connectivity index (χ4v) is 3.46. The van der Waals surface area contributed by atoms with Crippen LogP contribution in [0.25, 0.3) is 0 Å². The van der Waals surface area contributed by atoms with Crippen LogP contribution in [0.5, 0.6) is 11.6 Å². The molecule has 4 rings (SSSR count). The molecule has 1 fully saturated rings.